The summed E-state index contributed by atoms with van der Waals surface area (Å²) < 4.78 is 1.11. The van der Waals surface area contributed by atoms with Gasteiger partial charge in [-0.25, -0.2) is 4.79 Å². The van der Waals surface area contributed by atoms with E-state index in [0.717, 1.165) is 23.7 Å². The minimum absolute atomic E-state index is 0.363. The van der Waals surface area contributed by atoms with Crippen molar-refractivity contribution >= 4 is 27.7 Å². The number of fused-ring (bicyclic) bond motifs is 1. The largest absolute Gasteiger partial charge is 0.465 e. The van der Waals surface area contributed by atoms with Crippen LogP contribution in [-0.2, 0) is 6.42 Å². The molecule has 1 atom stereocenters. The summed E-state index contributed by atoms with van der Waals surface area (Å²) in [6, 6.07) is 6.63. The predicted octanol–water partition coefficient (Wildman–Crippen LogP) is 3.57. The molecule has 5 heteroatoms. The van der Waals surface area contributed by atoms with Gasteiger partial charge in [0.2, 0.25) is 0 Å². The Morgan fingerprint density at radius 2 is 2.37 bits per heavy atom. The van der Waals surface area contributed by atoms with Crippen molar-refractivity contribution in [3.05, 3.63) is 28.2 Å². The van der Waals surface area contributed by atoms with Crippen molar-refractivity contribution in [3.8, 4) is 0 Å². The highest BCUT2D eigenvalue weighted by molar-refractivity contribution is 9.10. The number of amides is 1. The van der Waals surface area contributed by atoms with Crippen molar-refractivity contribution in [2.45, 2.75) is 32.2 Å². The number of halogens is 1. The van der Waals surface area contributed by atoms with Crippen LogP contribution in [0, 0.1) is 0 Å². The summed E-state index contributed by atoms with van der Waals surface area (Å²) in [7, 11) is 0. The molecule has 1 unspecified atom stereocenters. The molecule has 2 N–H and O–H groups in total. The van der Waals surface area contributed by atoms with Crippen molar-refractivity contribution in [1.29, 1.82) is 0 Å². The van der Waals surface area contributed by atoms with Crippen molar-refractivity contribution < 1.29 is 9.90 Å². The van der Waals surface area contributed by atoms with E-state index in [1.54, 1.807) is 0 Å². The Labute approximate surface area is 121 Å². The Hall–Kier alpha value is -1.23. The molecule has 1 amide bonds. The fourth-order valence-corrected chi connectivity index (χ4v) is 2.86. The number of nitrogens with zero attached hydrogens (tertiary/aromatic N) is 1. The Bertz CT molecular complexity index is 465. The molecule has 1 aromatic rings. The third-order valence-corrected chi connectivity index (χ3v) is 4.08. The maximum absolute atomic E-state index is 10.9. The topological polar surface area (TPSA) is 52.6 Å². The summed E-state index contributed by atoms with van der Waals surface area (Å²) in [5.74, 6) is 0. The summed E-state index contributed by atoms with van der Waals surface area (Å²) in [4.78, 5) is 12.4. The molecule has 2 rings (SSSR count). The maximum atomic E-state index is 10.9. The molecule has 1 aliphatic heterocycles. The first-order valence-electron chi connectivity index (χ1n) is 6.63. The average Bonchev–Trinajstić information content (AvgIpc) is 2.39. The van der Waals surface area contributed by atoms with Gasteiger partial charge in [-0.3, -0.25) is 0 Å². The molecule has 0 saturated carbocycles. The van der Waals surface area contributed by atoms with Gasteiger partial charge >= 0.3 is 6.09 Å². The van der Waals surface area contributed by atoms with Crippen molar-refractivity contribution in [2.75, 3.05) is 18.4 Å². The molecular formula is C14H19BrN2O2. The van der Waals surface area contributed by atoms with Crippen LogP contribution in [0.2, 0.25) is 0 Å². The van der Waals surface area contributed by atoms with Gasteiger partial charge in [0.25, 0.3) is 0 Å². The van der Waals surface area contributed by atoms with E-state index in [2.05, 4.69) is 33.4 Å². The van der Waals surface area contributed by atoms with Crippen LogP contribution >= 0.6 is 15.9 Å². The first kappa shape index (κ1) is 14.2. The normalized spacial score (nSPS) is 17.5. The van der Waals surface area contributed by atoms with E-state index in [1.807, 2.05) is 13.0 Å². The number of aryl methyl sites for hydroxylation is 1. The zero-order valence-electron chi connectivity index (χ0n) is 11.0. The summed E-state index contributed by atoms with van der Waals surface area (Å²) in [6.45, 7) is 3.01. The van der Waals surface area contributed by atoms with E-state index in [-0.39, 0.29) is 0 Å². The number of carboxylic acid groups (broad SMARTS) is 1. The molecule has 1 heterocycles. The smallest absolute Gasteiger partial charge is 0.407 e. The predicted molar refractivity (Wildman–Crippen MR) is 79.8 cm³/mol. The van der Waals surface area contributed by atoms with Crippen LogP contribution in [0.1, 0.15) is 25.3 Å². The molecule has 104 valence electrons. The van der Waals surface area contributed by atoms with Gasteiger partial charge in [-0.1, -0.05) is 15.9 Å². The van der Waals surface area contributed by atoms with Crippen LogP contribution < -0.4 is 5.32 Å². The van der Waals surface area contributed by atoms with Crippen molar-refractivity contribution in [1.82, 2.24) is 4.90 Å². The number of carbonyl (C=O) groups is 1. The SMILES string of the molecule is CCN(CCC1CCc2cc(Br)ccc2N1)C(=O)O. The molecule has 1 aliphatic rings. The van der Waals surface area contributed by atoms with Crippen LogP contribution in [0.5, 0.6) is 0 Å². The van der Waals surface area contributed by atoms with Gasteiger partial charge in [-0.2, -0.15) is 0 Å². The summed E-state index contributed by atoms with van der Waals surface area (Å²) in [5.41, 5.74) is 2.51. The first-order chi connectivity index (χ1) is 9.10. The van der Waals surface area contributed by atoms with E-state index in [9.17, 15) is 4.79 Å². The number of anilines is 1. The zero-order valence-corrected chi connectivity index (χ0v) is 12.6. The monoisotopic (exact) mass is 326 g/mol. The maximum Gasteiger partial charge on any atom is 0.407 e. The van der Waals surface area contributed by atoms with E-state index < -0.39 is 6.09 Å². The Morgan fingerprint density at radius 1 is 1.58 bits per heavy atom. The van der Waals surface area contributed by atoms with Gasteiger partial charge in [-0.05, 0) is 49.9 Å². The van der Waals surface area contributed by atoms with E-state index in [1.165, 1.54) is 16.2 Å². The fraction of sp³-hybridized carbons (Fsp3) is 0.500. The molecule has 0 radical (unpaired) electrons. The number of benzene rings is 1. The summed E-state index contributed by atoms with van der Waals surface area (Å²) >= 11 is 3.48. The van der Waals surface area contributed by atoms with Gasteiger partial charge in [0, 0.05) is 29.3 Å². The Morgan fingerprint density at radius 3 is 3.05 bits per heavy atom. The number of hydrogen-bond donors (Lipinski definition) is 2. The Balaban J connectivity index is 1.91. The van der Waals surface area contributed by atoms with E-state index in [0.29, 0.717) is 19.1 Å². The van der Waals surface area contributed by atoms with Crippen LogP contribution in [0.3, 0.4) is 0 Å². The third-order valence-electron chi connectivity index (χ3n) is 3.59. The summed E-state index contributed by atoms with van der Waals surface area (Å²) in [5, 5.41) is 12.5. The number of nitrogens with one attached hydrogen (secondary N) is 1. The highest BCUT2D eigenvalue weighted by Crippen LogP contribution is 2.28. The van der Waals surface area contributed by atoms with E-state index in [4.69, 9.17) is 5.11 Å². The standard InChI is InChI=1S/C14H19BrN2O2/c1-2-17(14(18)19)8-7-12-5-3-10-9-11(15)4-6-13(10)16-12/h4,6,9,12,16H,2-3,5,7-8H2,1H3,(H,18,19). The molecule has 19 heavy (non-hydrogen) atoms. The summed E-state index contributed by atoms with van der Waals surface area (Å²) in [6.07, 6.45) is 2.13. The fourth-order valence-electron chi connectivity index (χ4n) is 2.45. The van der Waals surface area contributed by atoms with Gasteiger partial charge in [0.05, 0.1) is 0 Å². The van der Waals surface area contributed by atoms with Crippen molar-refractivity contribution in [2.24, 2.45) is 0 Å². The van der Waals surface area contributed by atoms with E-state index >= 15 is 0 Å². The quantitative estimate of drug-likeness (QED) is 0.889. The van der Waals surface area contributed by atoms with Gasteiger partial charge < -0.3 is 15.3 Å². The highest BCUT2D eigenvalue weighted by atomic mass is 79.9. The molecular weight excluding hydrogens is 308 g/mol. The lowest BCUT2D eigenvalue weighted by atomic mass is 9.96. The van der Waals surface area contributed by atoms with Gasteiger partial charge in [0.1, 0.15) is 0 Å². The molecule has 4 nitrogen and oxygen atoms in total. The highest BCUT2D eigenvalue weighted by Gasteiger charge is 2.19. The lowest BCUT2D eigenvalue weighted by molar-refractivity contribution is 0.146. The second-order valence-electron chi connectivity index (χ2n) is 4.83. The molecule has 0 saturated heterocycles. The lowest BCUT2D eigenvalue weighted by Crippen LogP contribution is -2.35. The first-order valence-corrected chi connectivity index (χ1v) is 7.42. The zero-order chi connectivity index (χ0) is 13.8. The lowest BCUT2D eigenvalue weighted by Gasteiger charge is -2.29. The molecule has 0 fully saturated rings. The second kappa shape index (κ2) is 6.28. The van der Waals surface area contributed by atoms with Crippen LogP contribution in [0.4, 0.5) is 10.5 Å². The minimum Gasteiger partial charge on any atom is -0.465 e. The van der Waals surface area contributed by atoms with Crippen molar-refractivity contribution in [3.63, 3.8) is 0 Å². The molecule has 0 aliphatic carbocycles. The number of rotatable bonds is 4. The second-order valence-corrected chi connectivity index (χ2v) is 5.75. The van der Waals surface area contributed by atoms with Gasteiger partial charge in [-0.15, -0.1) is 0 Å². The number of hydrogen-bond acceptors (Lipinski definition) is 2. The average molecular weight is 327 g/mol. The third kappa shape index (κ3) is 3.62. The van der Waals surface area contributed by atoms with Gasteiger partial charge in [0.15, 0.2) is 0 Å². The van der Waals surface area contributed by atoms with Crippen LogP contribution in [0.15, 0.2) is 22.7 Å². The van der Waals surface area contributed by atoms with Crippen LogP contribution in [0.25, 0.3) is 0 Å². The van der Waals surface area contributed by atoms with Crippen LogP contribution in [-0.4, -0.2) is 35.2 Å². The minimum atomic E-state index is -0.831. The molecule has 1 aromatic carbocycles. The molecule has 0 aromatic heterocycles. The molecule has 0 bridgehead atoms. The molecule has 0 spiro atoms. The Kier molecular flexibility index (Phi) is 4.69.